The van der Waals surface area contributed by atoms with Gasteiger partial charge in [-0.1, -0.05) is 36.4 Å². The second-order valence-corrected chi connectivity index (χ2v) is 5.42. The van der Waals surface area contributed by atoms with Gasteiger partial charge in [-0.3, -0.25) is 4.79 Å². The van der Waals surface area contributed by atoms with Crippen LogP contribution in [0.15, 0.2) is 48.5 Å². The van der Waals surface area contributed by atoms with Crippen LogP contribution in [-0.4, -0.2) is 30.1 Å². The third-order valence-corrected chi connectivity index (χ3v) is 3.45. The fourth-order valence-electron chi connectivity index (χ4n) is 2.43. The van der Waals surface area contributed by atoms with Gasteiger partial charge < -0.3 is 15.4 Å². The van der Waals surface area contributed by atoms with E-state index in [9.17, 15) is 18.0 Å². The summed E-state index contributed by atoms with van der Waals surface area (Å²) in [6, 6.07) is 13.0. The van der Waals surface area contributed by atoms with Crippen LogP contribution in [0.25, 0.3) is 0 Å². The Hall–Kier alpha value is -2.70. The minimum Gasteiger partial charge on any atom is -0.493 e. The van der Waals surface area contributed by atoms with Gasteiger partial charge in [-0.2, -0.15) is 13.2 Å². The number of amides is 1. The monoisotopic (exact) mass is 352 g/mol. The molecule has 4 nitrogen and oxygen atoms in total. The van der Waals surface area contributed by atoms with E-state index in [1.54, 1.807) is 43.3 Å². The molecule has 0 heterocycles. The maximum atomic E-state index is 13.0. The first-order chi connectivity index (χ1) is 11.8. The number of halogens is 3. The molecule has 0 unspecified atom stereocenters. The van der Waals surface area contributed by atoms with Gasteiger partial charge in [0, 0.05) is 12.2 Å². The van der Waals surface area contributed by atoms with Crippen molar-refractivity contribution in [1.82, 2.24) is 4.90 Å². The number of benzene rings is 2. The first-order valence-corrected chi connectivity index (χ1v) is 7.73. The zero-order chi connectivity index (χ0) is 18.4. The quantitative estimate of drug-likeness (QED) is 0.803. The molecule has 7 heteroatoms. The van der Waals surface area contributed by atoms with Crippen LogP contribution in [0.5, 0.6) is 5.75 Å². The average Bonchev–Trinajstić information content (AvgIpc) is 2.54. The van der Waals surface area contributed by atoms with Crippen molar-refractivity contribution in [2.45, 2.75) is 19.6 Å². The van der Waals surface area contributed by atoms with Gasteiger partial charge in [-0.15, -0.1) is 0 Å². The molecule has 134 valence electrons. The fraction of sp³-hybridized carbons (Fsp3) is 0.278. The maximum Gasteiger partial charge on any atom is 0.406 e. The summed E-state index contributed by atoms with van der Waals surface area (Å²) >= 11 is 0. The van der Waals surface area contributed by atoms with Crippen LogP contribution in [0.4, 0.5) is 18.9 Å². The lowest BCUT2D eigenvalue weighted by Gasteiger charge is -2.25. The molecule has 2 aromatic rings. The minimum absolute atomic E-state index is 0.0514. The molecule has 0 atom stereocenters. The molecular weight excluding hydrogens is 333 g/mol. The van der Waals surface area contributed by atoms with E-state index >= 15 is 0 Å². The Balaban J connectivity index is 2.38. The van der Waals surface area contributed by atoms with Gasteiger partial charge in [-0.05, 0) is 24.6 Å². The predicted octanol–water partition coefficient (Wildman–Crippen LogP) is 3.87. The van der Waals surface area contributed by atoms with Gasteiger partial charge in [-0.25, -0.2) is 0 Å². The van der Waals surface area contributed by atoms with E-state index in [0.29, 0.717) is 5.56 Å². The van der Waals surface area contributed by atoms with Crippen LogP contribution in [-0.2, 0) is 6.54 Å². The molecular formula is C18H19F3N2O2. The minimum atomic E-state index is -4.53. The van der Waals surface area contributed by atoms with Crippen LogP contribution >= 0.6 is 0 Å². The number of carbonyl (C=O) groups is 1. The Morgan fingerprint density at radius 1 is 1.12 bits per heavy atom. The van der Waals surface area contributed by atoms with Crippen molar-refractivity contribution < 1.29 is 22.7 Å². The summed E-state index contributed by atoms with van der Waals surface area (Å²) in [6.07, 6.45) is -4.53. The highest BCUT2D eigenvalue weighted by molar-refractivity contribution is 6.01. The summed E-state index contributed by atoms with van der Waals surface area (Å²) in [4.78, 5) is 13.5. The summed E-state index contributed by atoms with van der Waals surface area (Å²) in [5.41, 5.74) is 6.46. The maximum absolute atomic E-state index is 13.0. The first-order valence-electron chi connectivity index (χ1n) is 7.73. The van der Waals surface area contributed by atoms with Gasteiger partial charge in [0.15, 0.2) is 0 Å². The SMILES string of the molecule is CCOc1cccc(N)c1C(=O)N(Cc1ccccc1)CC(F)(F)F. The molecule has 0 aliphatic heterocycles. The normalized spacial score (nSPS) is 11.2. The molecule has 0 saturated carbocycles. The van der Waals surface area contributed by atoms with Crippen molar-refractivity contribution in [1.29, 1.82) is 0 Å². The molecule has 0 spiro atoms. The number of nitrogens with two attached hydrogens (primary N) is 1. The van der Waals surface area contributed by atoms with Crippen molar-refractivity contribution in [3.63, 3.8) is 0 Å². The van der Waals surface area contributed by atoms with Crippen molar-refractivity contribution >= 4 is 11.6 Å². The predicted molar refractivity (Wildman–Crippen MR) is 89.3 cm³/mol. The highest BCUT2D eigenvalue weighted by Gasteiger charge is 2.34. The van der Waals surface area contributed by atoms with Crippen molar-refractivity contribution in [3.05, 3.63) is 59.7 Å². The van der Waals surface area contributed by atoms with E-state index in [0.717, 1.165) is 4.90 Å². The van der Waals surface area contributed by atoms with E-state index in [2.05, 4.69) is 0 Å². The van der Waals surface area contributed by atoms with Gasteiger partial charge in [0.05, 0.1) is 6.61 Å². The van der Waals surface area contributed by atoms with E-state index in [1.165, 1.54) is 12.1 Å². The number of hydrogen-bond donors (Lipinski definition) is 1. The summed E-state index contributed by atoms with van der Waals surface area (Å²) in [5, 5.41) is 0. The number of ether oxygens (including phenoxy) is 1. The Kier molecular flexibility index (Phi) is 5.90. The number of nitrogens with zero attached hydrogens (tertiary/aromatic N) is 1. The number of carbonyl (C=O) groups excluding carboxylic acids is 1. The van der Waals surface area contributed by atoms with Crippen molar-refractivity contribution in [2.75, 3.05) is 18.9 Å². The molecule has 0 aliphatic carbocycles. The summed E-state index contributed by atoms with van der Waals surface area (Å²) < 4.78 is 44.3. The topological polar surface area (TPSA) is 55.6 Å². The summed E-state index contributed by atoms with van der Waals surface area (Å²) in [7, 11) is 0. The lowest BCUT2D eigenvalue weighted by Crippen LogP contribution is -2.39. The highest BCUT2D eigenvalue weighted by atomic mass is 19.4. The van der Waals surface area contributed by atoms with Crippen LogP contribution in [0.3, 0.4) is 0 Å². The Morgan fingerprint density at radius 3 is 2.40 bits per heavy atom. The van der Waals surface area contributed by atoms with E-state index in [1.807, 2.05) is 0 Å². The first kappa shape index (κ1) is 18.6. The Morgan fingerprint density at radius 2 is 1.80 bits per heavy atom. The molecule has 25 heavy (non-hydrogen) atoms. The zero-order valence-electron chi connectivity index (χ0n) is 13.7. The van der Waals surface area contributed by atoms with Crippen molar-refractivity contribution in [3.8, 4) is 5.75 Å². The van der Waals surface area contributed by atoms with E-state index < -0.39 is 18.6 Å². The van der Waals surface area contributed by atoms with Crippen LogP contribution in [0, 0.1) is 0 Å². The lowest BCUT2D eigenvalue weighted by molar-refractivity contribution is -0.141. The van der Waals surface area contributed by atoms with Crippen molar-refractivity contribution in [2.24, 2.45) is 0 Å². The van der Waals surface area contributed by atoms with E-state index in [4.69, 9.17) is 10.5 Å². The summed E-state index contributed by atoms with van der Waals surface area (Å²) in [5.74, 6) is -0.643. The number of nitrogen functional groups attached to an aromatic ring is 1. The average molecular weight is 352 g/mol. The number of alkyl halides is 3. The molecule has 2 rings (SSSR count). The van der Waals surface area contributed by atoms with Gasteiger partial charge in [0.25, 0.3) is 5.91 Å². The molecule has 0 bridgehead atoms. The van der Waals surface area contributed by atoms with Gasteiger partial charge in [0.1, 0.15) is 17.9 Å². The molecule has 0 saturated heterocycles. The second-order valence-electron chi connectivity index (χ2n) is 5.42. The lowest BCUT2D eigenvalue weighted by atomic mass is 10.1. The fourth-order valence-corrected chi connectivity index (χ4v) is 2.43. The van der Waals surface area contributed by atoms with Gasteiger partial charge >= 0.3 is 6.18 Å². The molecule has 0 aromatic heterocycles. The Bertz CT molecular complexity index is 718. The molecule has 2 aromatic carbocycles. The third kappa shape index (κ3) is 5.14. The summed E-state index contributed by atoms with van der Waals surface area (Å²) in [6.45, 7) is 0.427. The highest BCUT2D eigenvalue weighted by Crippen LogP contribution is 2.28. The standard InChI is InChI=1S/C18H19F3N2O2/c1-2-25-15-10-6-9-14(22)16(15)17(24)23(12-18(19,20)21)11-13-7-4-3-5-8-13/h3-10H,2,11-12,22H2,1H3. The molecule has 0 aliphatic rings. The molecule has 0 radical (unpaired) electrons. The number of rotatable bonds is 6. The van der Waals surface area contributed by atoms with E-state index in [-0.39, 0.29) is 30.2 Å². The van der Waals surface area contributed by atoms with Crippen LogP contribution < -0.4 is 10.5 Å². The molecule has 2 N–H and O–H groups in total. The largest absolute Gasteiger partial charge is 0.493 e. The third-order valence-electron chi connectivity index (χ3n) is 3.45. The van der Waals surface area contributed by atoms with Crippen LogP contribution in [0.1, 0.15) is 22.8 Å². The zero-order valence-corrected chi connectivity index (χ0v) is 13.7. The number of hydrogen-bond acceptors (Lipinski definition) is 3. The second kappa shape index (κ2) is 7.92. The smallest absolute Gasteiger partial charge is 0.406 e. The molecule has 0 fully saturated rings. The number of anilines is 1. The molecule has 1 amide bonds. The van der Waals surface area contributed by atoms with Gasteiger partial charge in [0.2, 0.25) is 0 Å². The van der Waals surface area contributed by atoms with Crippen LogP contribution in [0.2, 0.25) is 0 Å². The Labute approximate surface area is 144 Å².